The molecule has 0 saturated carbocycles. The van der Waals surface area contributed by atoms with Crippen molar-refractivity contribution in [2.45, 2.75) is 10.9 Å². The van der Waals surface area contributed by atoms with Gasteiger partial charge in [0.15, 0.2) is 10.9 Å². The number of hydrogen-bond acceptors (Lipinski definition) is 4. The number of hydrogen-bond donors (Lipinski definition) is 0. The second-order valence-corrected chi connectivity index (χ2v) is 6.32. The quantitative estimate of drug-likeness (QED) is 0.477. The van der Waals surface area contributed by atoms with Gasteiger partial charge in [-0.05, 0) is 42.0 Å². The SMILES string of the molecule is Fc1cccc(CSc2nnc(-c3ccco3)n2-c2ccccc2)c1. The van der Waals surface area contributed by atoms with E-state index in [1.807, 2.05) is 53.1 Å². The topological polar surface area (TPSA) is 43.9 Å². The molecule has 2 heterocycles. The maximum absolute atomic E-state index is 13.4. The second-order valence-electron chi connectivity index (χ2n) is 5.37. The third-order valence-electron chi connectivity index (χ3n) is 3.65. The molecule has 0 aliphatic rings. The molecule has 0 spiro atoms. The molecule has 2 aromatic carbocycles. The second kappa shape index (κ2) is 6.94. The van der Waals surface area contributed by atoms with Crippen molar-refractivity contribution in [3.05, 3.63) is 84.4 Å². The fraction of sp³-hybridized carbons (Fsp3) is 0.0526. The van der Waals surface area contributed by atoms with Gasteiger partial charge in [-0.3, -0.25) is 4.57 Å². The molecule has 25 heavy (non-hydrogen) atoms. The summed E-state index contributed by atoms with van der Waals surface area (Å²) in [4.78, 5) is 0. The number of halogens is 1. The van der Waals surface area contributed by atoms with E-state index in [-0.39, 0.29) is 5.82 Å². The lowest BCUT2D eigenvalue weighted by atomic mass is 10.2. The van der Waals surface area contributed by atoms with E-state index in [0.29, 0.717) is 17.3 Å². The molecule has 4 rings (SSSR count). The van der Waals surface area contributed by atoms with Gasteiger partial charge in [0.1, 0.15) is 5.82 Å². The van der Waals surface area contributed by atoms with Crippen molar-refractivity contribution in [2.75, 3.05) is 0 Å². The van der Waals surface area contributed by atoms with Crippen molar-refractivity contribution >= 4 is 11.8 Å². The summed E-state index contributed by atoms with van der Waals surface area (Å²) >= 11 is 1.50. The fourth-order valence-electron chi connectivity index (χ4n) is 2.51. The third-order valence-corrected chi connectivity index (χ3v) is 4.65. The number of nitrogens with zero attached hydrogens (tertiary/aromatic N) is 3. The predicted octanol–water partition coefficient (Wildman–Crippen LogP) is 4.96. The van der Waals surface area contributed by atoms with Crippen molar-refractivity contribution in [2.24, 2.45) is 0 Å². The van der Waals surface area contributed by atoms with Gasteiger partial charge < -0.3 is 4.42 Å². The smallest absolute Gasteiger partial charge is 0.205 e. The van der Waals surface area contributed by atoms with Crippen LogP contribution in [0.2, 0.25) is 0 Å². The first kappa shape index (κ1) is 15.7. The highest BCUT2D eigenvalue weighted by Crippen LogP contribution is 2.29. The van der Waals surface area contributed by atoms with Crippen molar-refractivity contribution in [3.63, 3.8) is 0 Å². The third kappa shape index (κ3) is 3.34. The molecule has 4 nitrogen and oxygen atoms in total. The molecule has 0 radical (unpaired) electrons. The minimum Gasteiger partial charge on any atom is -0.461 e. The molecule has 0 bridgehead atoms. The van der Waals surface area contributed by atoms with E-state index < -0.39 is 0 Å². The first-order chi connectivity index (χ1) is 12.3. The van der Waals surface area contributed by atoms with Crippen molar-refractivity contribution < 1.29 is 8.81 Å². The van der Waals surface area contributed by atoms with Crippen LogP contribution in [0.4, 0.5) is 4.39 Å². The zero-order chi connectivity index (χ0) is 17.1. The molecule has 2 aromatic heterocycles. The monoisotopic (exact) mass is 351 g/mol. The van der Waals surface area contributed by atoms with Crippen LogP contribution in [0.3, 0.4) is 0 Å². The van der Waals surface area contributed by atoms with Gasteiger partial charge in [0.05, 0.1) is 6.26 Å². The van der Waals surface area contributed by atoms with Gasteiger partial charge in [-0.15, -0.1) is 10.2 Å². The minimum atomic E-state index is -0.237. The summed E-state index contributed by atoms with van der Waals surface area (Å²) in [7, 11) is 0. The molecular weight excluding hydrogens is 337 g/mol. The lowest BCUT2D eigenvalue weighted by Gasteiger charge is -2.09. The van der Waals surface area contributed by atoms with Crippen LogP contribution in [0, 0.1) is 5.82 Å². The van der Waals surface area contributed by atoms with Crippen LogP contribution >= 0.6 is 11.8 Å². The Morgan fingerprint density at radius 2 is 1.84 bits per heavy atom. The van der Waals surface area contributed by atoms with Crippen LogP contribution in [-0.2, 0) is 5.75 Å². The standard InChI is InChI=1S/C19H14FN3OS/c20-15-7-4-6-14(12-15)13-25-19-22-21-18(17-10-5-11-24-17)23(19)16-8-2-1-3-9-16/h1-12H,13H2. The summed E-state index contributed by atoms with van der Waals surface area (Å²) in [5.74, 6) is 1.65. The van der Waals surface area contributed by atoms with Gasteiger partial charge in [-0.1, -0.05) is 42.1 Å². The van der Waals surface area contributed by atoms with E-state index in [0.717, 1.165) is 16.4 Å². The Kier molecular flexibility index (Phi) is 4.35. The molecule has 4 aromatic rings. The summed E-state index contributed by atoms with van der Waals surface area (Å²) in [6.45, 7) is 0. The number of benzene rings is 2. The molecule has 6 heteroatoms. The molecule has 0 aliphatic heterocycles. The Labute approximate surface area is 148 Å². The molecule has 0 atom stereocenters. The number of furan rings is 1. The lowest BCUT2D eigenvalue weighted by molar-refractivity contribution is 0.575. The summed E-state index contributed by atoms with van der Waals surface area (Å²) in [6.07, 6.45) is 1.61. The highest BCUT2D eigenvalue weighted by Gasteiger charge is 2.17. The van der Waals surface area contributed by atoms with Gasteiger partial charge in [0, 0.05) is 11.4 Å². The maximum atomic E-state index is 13.4. The van der Waals surface area contributed by atoms with Crippen LogP contribution in [0.25, 0.3) is 17.3 Å². The number of rotatable bonds is 5. The van der Waals surface area contributed by atoms with Crippen LogP contribution in [-0.4, -0.2) is 14.8 Å². The average Bonchev–Trinajstić information content (AvgIpc) is 3.30. The maximum Gasteiger partial charge on any atom is 0.205 e. The normalized spacial score (nSPS) is 10.9. The number of aromatic nitrogens is 3. The Morgan fingerprint density at radius 3 is 2.60 bits per heavy atom. The Balaban J connectivity index is 1.70. The first-order valence-corrected chi connectivity index (χ1v) is 8.72. The summed E-state index contributed by atoms with van der Waals surface area (Å²) < 4.78 is 20.8. The van der Waals surface area contributed by atoms with E-state index in [2.05, 4.69) is 10.2 Å². The van der Waals surface area contributed by atoms with E-state index in [1.54, 1.807) is 12.3 Å². The minimum absolute atomic E-state index is 0.237. The summed E-state index contributed by atoms with van der Waals surface area (Å²) in [6, 6.07) is 20.1. The molecule has 0 unspecified atom stereocenters. The van der Waals surface area contributed by atoms with E-state index >= 15 is 0 Å². The number of thioether (sulfide) groups is 1. The van der Waals surface area contributed by atoms with Gasteiger partial charge in [-0.2, -0.15) is 0 Å². The molecule has 0 amide bonds. The Morgan fingerprint density at radius 1 is 0.960 bits per heavy atom. The Bertz CT molecular complexity index is 968. The molecule has 0 saturated heterocycles. The van der Waals surface area contributed by atoms with Crippen molar-refractivity contribution in [1.82, 2.24) is 14.8 Å². The van der Waals surface area contributed by atoms with E-state index in [4.69, 9.17) is 4.42 Å². The number of para-hydroxylation sites is 1. The molecule has 124 valence electrons. The van der Waals surface area contributed by atoms with Gasteiger partial charge in [-0.25, -0.2) is 4.39 Å². The summed E-state index contributed by atoms with van der Waals surface area (Å²) in [5.41, 5.74) is 1.84. The molecular formula is C19H14FN3OS. The van der Waals surface area contributed by atoms with Crippen LogP contribution in [0.1, 0.15) is 5.56 Å². The van der Waals surface area contributed by atoms with Gasteiger partial charge >= 0.3 is 0 Å². The largest absolute Gasteiger partial charge is 0.461 e. The van der Waals surface area contributed by atoms with Crippen LogP contribution in [0.15, 0.2) is 82.6 Å². The molecule has 0 fully saturated rings. The lowest BCUT2D eigenvalue weighted by Crippen LogP contribution is -1.99. The highest BCUT2D eigenvalue weighted by atomic mass is 32.2. The predicted molar refractivity (Wildman–Crippen MR) is 95.0 cm³/mol. The van der Waals surface area contributed by atoms with Crippen molar-refractivity contribution in [3.8, 4) is 17.3 Å². The first-order valence-electron chi connectivity index (χ1n) is 7.73. The van der Waals surface area contributed by atoms with Gasteiger partial charge in [0.25, 0.3) is 0 Å². The molecule has 0 aliphatic carbocycles. The van der Waals surface area contributed by atoms with Gasteiger partial charge in [0.2, 0.25) is 5.82 Å². The highest BCUT2D eigenvalue weighted by molar-refractivity contribution is 7.98. The van der Waals surface area contributed by atoms with E-state index in [1.165, 1.54) is 23.9 Å². The summed E-state index contributed by atoms with van der Waals surface area (Å²) in [5, 5.41) is 9.32. The average molecular weight is 351 g/mol. The van der Waals surface area contributed by atoms with Crippen molar-refractivity contribution in [1.29, 1.82) is 0 Å². The molecule has 0 N–H and O–H groups in total. The Hall–Kier alpha value is -2.86. The van der Waals surface area contributed by atoms with E-state index in [9.17, 15) is 4.39 Å². The zero-order valence-corrected chi connectivity index (χ0v) is 14.0. The zero-order valence-electron chi connectivity index (χ0n) is 13.2. The van der Waals surface area contributed by atoms with Crippen LogP contribution < -0.4 is 0 Å². The fourth-order valence-corrected chi connectivity index (χ4v) is 3.41. The van der Waals surface area contributed by atoms with Crippen LogP contribution in [0.5, 0.6) is 0 Å².